The van der Waals surface area contributed by atoms with Gasteiger partial charge in [-0.2, -0.15) is 0 Å². The van der Waals surface area contributed by atoms with Crippen molar-refractivity contribution in [3.63, 3.8) is 0 Å². The molecule has 0 spiro atoms. The Kier molecular flexibility index (Phi) is 4.77. The van der Waals surface area contributed by atoms with E-state index in [-0.39, 0.29) is 0 Å². The molecule has 5 aromatic rings. The summed E-state index contributed by atoms with van der Waals surface area (Å²) in [6.45, 7) is 4.22. The van der Waals surface area contributed by atoms with Gasteiger partial charge in [0.2, 0.25) is 0 Å². The standard InChI is InChI=1S/C26H21N3S/c1-17-8-13-23(18(2)14-17)29-25-24-22(15-30-26(24)28-16-27-25)21-11-9-20(10-12-21)19-6-4-3-5-7-19/h3-16H,1-2H3,(H,27,28,29). The van der Waals surface area contributed by atoms with Crippen molar-refractivity contribution in [1.82, 2.24) is 9.97 Å². The van der Waals surface area contributed by atoms with Crippen molar-refractivity contribution in [2.45, 2.75) is 13.8 Å². The van der Waals surface area contributed by atoms with Crippen molar-refractivity contribution in [3.05, 3.63) is 95.6 Å². The van der Waals surface area contributed by atoms with Gasteiger partial charge in [0.1, 0.15) is 17.0 Å². The van der Waals surface area contributed by atoms with E-state index >= 15 is 0 Å². The van der Waals surface area contributed by atoms with Gasteiger partial charge >= 0.3 is 0 Å². The predicted octanol–water partition coefficient (Wildman–Crippen LogP) is 7.39. The van der Waals surface area contributed by atoms with Gasteiger partial charge < -0.3 is 5.32 Å². The average molecular weight is 408 g/mol. The van der Waals surface area contributed by atoms with Crippen LogP contribution < -0.4 is 5.32 Å². The molecule has 0 amide bonds. The van der Waals surface area contributed by atoms with E-state index in [1.165, 1.54) is 27.8 Å². The topological polar surface area (TPSA) is 37.8 Å². The molecular weight excluding hydrogens is 386 g/mol. The van der Waals surface area contributed by atoms with Crippen molar-refractivity contribution in [3.8, 4) is 22.3 Å². The molecule has 0 saturated carbocycles. The molecule has 3 nitrogen and oxygen atoms in total. The van der Waals surface area contributed by atoms with Gasteiger partial charge in [0.25, 0.3) is 0 Å². The lowest BCUT2D eigenvalue weighted by Crippen LogP contribution is -1.97. The van der Waals surface area contributed by atoms with Crippen LogP contribution in [0.25, 0.3) is 32.5 Å². The van der Waals surface area contributed by atoms with Crippen molar-refractivity contribution in [2.24, 2.45) is 0 Å². The Morgan fingerprint density at radius 3 is 2.27 bits per heavy atom. The highest BCUT2D eigenvalue weighted by molar-refractivity contribution is 7.17. The molecule has 0 aliphatic rings. The Labute approximate surface area is 180 Å². The molecule has 0 unspecified atom stereocenters. The van der Waals surface area contributed by atoms with E-state index in [1.54, 1.807) is 17.7 Å². The van der Waals surface area contributed by atoms with Gasteiger partial charge in [-0.3, -0.25) is 0 Å². The van der Waals surface area contributed by atoms with Crippen LogP contribution in [0.1, 0.15) is 11.1 Å². The summed E-state index contributed by atoms with van der Waals surface area (Å²) in [5.41, 5.74) is 8.27. The minimum Gasteiger partial charge on any atom is -0.339 e. The second-order valence-electron chi connectivity index (χ2n) is 7.44. The number of aryl methyl sites for hydroxylation is 2. The molecule has 4 heteroatoms. The minimum absolute atomic E-state index is 0.843. The molecule has 30 heavy (non-hydrogen) atoms. The summed E-state index contributed by atoms with van der Waals surface area (Å²) >= 11 is 1.65. The molecule has 3 aromatic carbocycles. The second-order valence-corrected chi connectivity index (χ2v) is 8.30. The molecular formula is C26H21N3S. The average Bonchev–Trinajstić information content (AvgIpc) is 3.22. The maximum atomic E-state index is 4.57. The number of nitrogens with one attached hydrogen (secondary N) is 1. The molecule has 0 aliphatic carbocycles. The first-order chi connectivity index (χ1) is 14.7. The Morgan fingerprint density at radius 1 is 0.767 bits per heavy atom. The number of hydrogen-bond acceptors (Lipinski definition) is 4. The van der Waals surface area contributed by atoms with Crippen LogP contribution in [0.2, 0.25) is 0 Å². The normalized spacial score (nSPS) is 11.0. The SMILES string of the molecule is Cc1ccc(Nc2ncnc3scc(-c4ccc(-c5ccccc5)cc4)c23)c(C)c1. The summed E-state index contributed by atoms with van der Waals surface area (Å²) in [6.07, 6.45) is 1.63. The molecule has 0 bridgehead atoms. The number of benzene rings is 3. The maximum Gasteiger partial charge on any atom is 0.143 e. The van der Waals surface area contributed by atoms with Crippen LogP contribution >= 0.6 is 11.3 Å². The number of aromatic nitrogens is 2. The van der Waals surface area contributed by atoms with Crippen LogP contribution in [0.5, 0.6) is 0 Å². The first-order valence-electron chi connectivity index (χ1n) is 9.91. The fourth-order valence-electron chi connectivity index (χ4n) is 3.74. The summed E-state index contributed by atoms with van der Waals surface area (Å²) in [5.74, 6) is 0.843. The molecule has 2 aromatic heterocycles. The smallest absolute Gasteiger partial charge is 0.143 e. The molecule has 0 saturated heterocycles. The predicted molar refractivity (Wildman–Crippen MR) is 127 cm³/mol. The third-order valence-electron chi connectivity index (χ3n) is 5.31. The molecule has 2 heterocycles. The van der Waals surface area contributed by atoms with Crippen LogP contribution in [-0.4, -0.2) is 9.97 Å². The van der Waals surface area contributed by atoms with Gasteiger partial charge in [-0.1, -0.05) is 72.3 Å². The lowest BCUT2D eigenvalue weighted by atomic mass is 10.0. The van der Waals surface area contributed by atoms with Gasteiger partial charge in [-0.15, -0.1) is 11.3 Å². The van der Waals surface area contributed by atoms with Crippen molar-refractivity contribution < 1.29 is 0 Å². The number of hydrogen-bond donors (Lipinski definition) is 1. The Morgan fingerprint density at radius 2 is 1.50 bits per heavy atom. The summed E-state index contributed by atoms with van der Waals surface area (Å²) in [4.78, 5) is 10.1. The van der Waals surface area contributed by atoms with Gasteiger partial charge in [0.05, 0.1) is 5.39 Å². The largest absolute Gasteiger partial charge is 0.339 e. The fourth-order valence-corrected chi connectivity index (χ4v) is 4.65. The summed E-state index contributed by atoms with van der Waals surface area (Å²) in [5, 5.41) is 6.77. The van der Waals surface area contributed by atoms with Crippen LogP contribution in [0.3, 0.4) is 0 Å². The van der Waals surface area contributed by atoms with Gasteiger partial charge in [0.15, 0.2) is 0 Å². The zero-order valence-electron chi connectivity index (χ0n) is 16.9. The van der Waals surface area contributed by atoms with Gasteiger partial charge in [0, 0.05) is 16.6 Å². The summed E-state index contributed by atoms with van der Waals surface area (Å²) < 4.78 is 0. The van der Waals surface area contributed by atoms with E-state index in [1.807, 2.05) is 6.07 Å². The molecule has 0 radical (unpaired) electrons. The third-order valence-corrected chi connectivity index (χ3v) is 6.19. The Balaban J connectivity index is 1.56. The highest BCUT2D eigenvalue weighted by Crippen LogP contribution is 2.38. The highest BCUT2D eigenvalue weighted by Gasteiger charge is 2.14. The fraction of sp³-hybridized carbons (Fsp3) is 0.0769. The van der Waals surface area contributed by atoms with Crippen molar-refractivity contribution >= 4 is 33.1 Å². The molecule has 1 N–H and O–H groups in total. The molecule has 5 rings (SSSR count). The monoisotopic (exact) mass is 407 g/mol. The number of rotatable bonds is 4. The maximum absolute atomic E-state index is 4.57. The van der Waals surface area contributed by atoms with E-state index in [4.69, 9.17) is 0 Å². The third kappa shape index (κ3) is 3.46. The number of anilines is 2. The quantitative estimate of drug-likeness (QED) is 0.337. The van der Waals surface area contributed by atoms with Crippen LogP contribution in [-0.2, 0) is 0 Å². The zero-order chi connectivity index (χ0) is 20.5. The minimum atomic E-state index is 0.843. The lowest BCUT2D eigenvalue weighted by molar-refractivity contribution is 1.22. The van der Waals surface area contributed by atoms with E-state index < -0.39 is 0 Å². The van der Waals surface area contributed by atoms with Gasteiger partial charge in [-0.05, 0) is 42.2 Å². The van der Waals surface area contributed by atoms with Crippen LogP contribution in [0, 0.1) is 13.8 Å². The second kappa shape index (κ2) is 7.73. The lowest BCUT2D eigenvalue weighted by Gasteiger charge is -2.11. The highest BCUT2D eigenvalue weighted by atomic mass is 32.1. The van der Waals surface area contributed by atoms with E-state index in [0.717, 1.165) is 27.3 Å². The molecule has 0 aliphatic heterocycles. The van der Waals surface area contributed by atoms with Gasteiger partial charge in [-0.25, -0.2) is 9.97 Å². The molecule has 0 atom stereocenters. The molecule has 146 valence electrons. The zero-order valence-corrected chi connectivity index (χ0v) is 17.7. The number of fused-ring (bicyclic) bond motifs is 1. The number of nitrogens with zero attached hydrogens (tertiary/aromatic N) is 2. The van der Waals surface area contributed by atoms with Crippen molar-refractivity contribution in [2.75, 3.05) is 5.32 Å². The Hall–Kier alpha value is -3.50. The van der Waals surface area contributed by atoms with Crippen LogP contribution in [0.15, 0.2) is 84.5 Å². The molecule has 0 fully saturated rings. The van der Waals surface area contributed by atoms with Crippen LogP contribution in [0.4, 0.5) is 11.5 Å². The van der Waals surface area contributed by atoms with Crippen molar-refractivity contribution in [1.29, 1.82) is 0 Å². The number of thiophene rings is 1. The van der Waals surface area contributed by atoms with E-state index in [2.05, 4.69) is 101 Å². The summed E-state index contributed by atoms with van der Waals surface area (Å²) in [6, 6.07) is 25.6. The summed E-state index contributed by atoms with van der Waals surface area (Å²) in [7, 11) is 0. The van der Waals surface area contributed by atoms with E-state index in [9.17, 15) is 0 Å². The first-order valence-corrected chi connectivity index (χ1v) is 10.8. The Bertz CT molecular complexity index is 1320. The van der Waals surface area contributed by atoms with E-state index in [0.29, 0.717) is 0 Å². The first kappa shape index (κ1) is 18.5.